The zero-order valence-corrected chi connectivity index (χ0v) is 12.9. The number of nitrogens with one attached hydrogen (secondary N) is 1. The van der Waals surface area contributed by atoms with E-state index < -0.39 is 4.92 Å². The van der Waals surface area contributed by atoms with E-state index in [2.05, 4.69) is 4.98 Å². The van der Waals surface area contributed by atoms with Gasteiger partial charge in [0, 0.05) is 17.7 Å². The van der Waals surface area contributed by atoms with E-state index in [1.165, 1.54) is 30.3 Å². The number of benzene rings is 1. The number of fused-ring (bicyclic) bond motifs is 1. The van der Waals surface area contributed by atoms with Crippen LogP contribution in [0.2, 0.25) is 0 Å². The maximum Gasteiger partial charge on any atom is 0.289 e. The zero-order valence-electron chi connectivity index (χ0n) is 12.1. The normalized spacial score (nSPS) is 10.5. The summed E-state index contributed by atoms with van der Waals surface area (Å²) in [6.07, 6.45) is 0. The second kappa shape index (κ2) is 5.60. The molecule has 0 spiro atoms. The van der Waals surface area contributed by atoms with Crippen molar-refractivity contribution >= 4 is 44.5 Å². The molecule has 0 bridgehead atoms. The molecule has 0 aliphatic heterocycles. The Balaban J connectivity index is 2.08. The summed E-state index contributed by atoms with van der Waals surface area (Å²) in [5, 5.41) is 20.2. The smallest absolute Gasteiger partial charge is 0.289 e. The molecular formula is C15H10N5O3S+. The Hall–Kier alpha value is -3.51. The number of carbonyl (C=O) groups is 1. The van der Waals surface area contributed by atoms with Gasteiger partial charge in [-0.05, 0) is 18.2 Å². The van der Waals surface area contributed by atoms with Gasteiger partial charge in [0.2, 0.25) is 5.78 Å². The van der Waals surface area contributed by atoms with Crippen molar-refractivity contribution in [3.8, 4) is 6.07 Å². The summed E-state index contributed by atoms with van der Waals surface area (Å²) < 4.78 is 0. The van der Waals surface area contributed by atoms with Gasteiger partial charge in [-0.2, -0.15) is 5.26 Å². The molecule has 0 unspecified atom stereocenters. The van der Waals surface area contributed by atoms with Crippen molar-refractivity contribution in [1.29, 1.82) is 5.26 Å². The number of hydrogen-bond acceptors (Lipinski definition) is 7. The van der Waals surface area contributed by atoms with Crippen molar-refractivity contribution in [2.24, 2.45) is 0 Å². The lowest BCUT2D eigenvalue weighted by Crippen LogP contribution is -2.11. The number of nitrogens with zero attached hydrogens (tertiary/aromatic N) is 2. The van der Waals surface area contributed by atoms with Crippen LogP contribution in [-0.2, 0) is 0 Å². The van der Waals surface area contributed by atoms with Gasteiger partial charge in [0.05, 0.1) is 16.0 Å². The maximum atomic E-state index is 12.6. The number of aromatic amines is 1. The van der Waals surface area contributed by atoms with E-state index in [-0.39, 0.29) is 39.0 Å². The highest BCUT2D eigenvalue weighted by Crippen LogP contribution is 2.34. The Labute approximate surface area is 139 Å². The molecule has 0 aliphatic rings. The van der Waals surface area contributed by atoms with Gasteiger partial charge in [0.25, 0.3) is 11.5 Å². The lowest BCUT2D eigenvalue weighted by atomic mass is 10.1. The largest absolute Gasteiger partial charge is 0.397 e. The number of rotatable bonds is 3. The molecule has 3 aromatic rings. The van der Waals surface area contributed by atoms with Crippen molar-refractivity contribution < 1.29 is 14.7 Å². The van der Waals surface area contributed by atoms with Gasteiger partial charge in [0.15, 0.2) is 4.83 Å². The van der Waals surface area contributed by atoms with Gasteiger partial charge in [0.1, 0.15) is 16.5 Å². The minimum atomic E-state index is -0.538. The molecule has 0 amide bonds. The lowest BCUT2D eigenvalue weighted by molar-refractivity contribution is -0.384. The predicted molar refractivity (Wildman–Crippen MR) is 88.4 cm³/mol. The molecule has 9 heteroatoms. The van der Waals surface area contributed by atoms with E-state index in [1.807, 2.05) is 6.07 Å². The third-order valence-corrected chi connectivity index (χ3v) is 4.61. The zero-order chi connectivity index (χ0) is 17.4. The fraction of sp³-hybridized carbons (Fsp3) is 0. The fourth-order valence-electron chi connectivity index (χ4n) is 2.23. The van der Waals surface area contributed by atoms with Crippen molar-refractivity contribution in [2.75, 3.05) is 11.5 Å². The predicted octanol–water partition coefficient (Wildman–Crippen LogP) is 1.89. The summed E-state index contributed by atoms with van der Waals surface area (Å²) in [6.45, 7) is 0. The summed E-state index contributed by atoms with van der Waals surface area (Å²) >= 11 is 1.12. The molecule has 0 fully saturated rings. The van der Waals surface area contributed by atoms with E-state index in [4.69, 9.17) is 16.7 Å². The average molecular weight is 340 g/mol. The minimum Gasteiger partial charge on any atom is -0.397 e. The van der Waals surface area contributed by atoms with Crippen molar-refractivity contribution in [1.82, 2.24) is 0 Å². The van der Waals surface area contributed by atoms with Crippen LogP contribution in [0.1, 0.15) is 20.8 Å². The molecule has 0 radical (unpaired) electrons. The first-order valence-electron chi connectivity index (χ1n) is 6.65. The van der Waals surface area contributed by atoms with Crippen LogP contribution in [0.5, 0.6) is 0 Å². The number of H-pyrrole nitrogens is 1. The van der Waals surface area contributed by atoms with E-state index >= 15 is 0 Å². The summed E-state index contributed by atoms with van der Waals surface area (Å²) in [6, 6.07) is 8.75. The Morgan fingerprint density at radius 1 is 1.29 bits per heavy atom. The molecule has 5 N–H and O–H groups in total. The summed E-state index contributed by atoms with van der Waals surface area (Å²) in [5.41, 5.74) is 12.4. The van der Waals surface area contributed by atoms with Crippen LogP contribution in [0.3, 0.4) is 0 Å². The second-order valence-electron chi connectivity index (χ2n) is 4.93. The Morgan fingerprint density at radius 3 is 2.54 bits per heavy atom. The highest BCUT2D eigenvalue weighted by atomic mass is 32.1. The van der Waals surface area contributed by atoms with Gasteiger partial charge in [-0.25, -0.2) is 4.98 Å². The standard InChI is InChI=1S/C15H9N5O3S/c16-6-8-5-10-11(17)13(24-15(10)19-14(8)18)12(21)7-1-3-9(4-2-7)20(22)23/h1-5H,17H2,(H2,18,19)/p+1. The third kappa shape index (κ3) is 2.41. The molecule has 24 heavy (non-hydrogen) atoms. The number of aromatic nitrogens is 1. The van der Waals surface area contributed by atoms with E-state index in [0.29, 0.717) is 10.2 Å². The molecule has 3 rings (SSSR count). The summed E-state index contributed by atoms with van der Waals surface area (Å²) in [7, 11) is 0. The number of anilines is 2. The first-order chi connectivity index (χ1) is 11.4. The fourth-order valence-corrected chi connectivity index (χ4v) is 3.31. The number of thiophene rings is 1. The number of ketones is 1. The van der Waals surface area contributed by atoms with Gasteiger partial charge in [-0.15, -0.1) is 0 Å². The SMILES string of the molecule is N#Cc1cc2c(N)c(C(=O)c3ccc([N+](=O)[O-])cc3)sc2[nH+]c1N. The Morgan fingerprint density at radius 2 is 1.96 bits per heavy atom. The van der Waals surface area contributed by atoms with Crippen LogP contribution in [0, 0.1) is 21.4 Å². The molecular weight excluding hydrogens is 330 g/mol. The van der Waals surface area contributed by atoms with Crippen LogP contribution in [0.4, 0.5) is 17.2 Å². The Bertz CT molecular complexity index is 1030. The summed E-state index contributed by atoms with van der Waals surface area (Å²) in [5.74, 6) is -0.158. The first-order valence-corrected chi connectivity index (χ1v) is 7.47. The number of nitrogens with two attached hydrogens (primary N) is 2. The lowest BCUT2D eigenvalue weighted by Gasteiger charge is -1.99. The number of carbonyl (C=O) groups excluding carboxylic acids is 1. The van der Waals surface area contributed by atoms with Gasteiger partial charge < -0.3 is 5.73 Å². The number of nitro groups is 1. The monoisotopic (exact) mass is 340 g/mol. The molecule has 0 saturated heterocycles. The number of nitro benzene ring substituents is 1. The highest BCUT2D eigenvalue weighted by molar-refractivity contribution is 7.21. The van der Waals surface area contributed by atoms with Crippen molar-refractivity contribution in [2.45, 2.75) is 0 Å². The minimum absolute atomic E-state index is 0.101. The number of hydrogen-bond donors (Lipinski definition) is 2. The average Bonchev–Trinajstić information content (AvgIpc) is 2.89. The number of nitriles is 1. The van der Waals surface area contributed by atoms with E-state index in [9.17, 15) is 14.9 Å². The molecule has 2 heterocycles. The van der Waals surface area contributed by atoms with Gasteiger partial charge in [-0.3, -0.25) is 20.6 Å². The number of pyridine rings is 1. The molecule has 8 nitrogen and oxygen atoms in total. The first kappa shape index (κ1) is 15.4. The van der Waals surface area contributed by atoms with Crippen LogP contribution >= 0.6 is 11.3 Å². The molecule has 118 valence electrons. The van der Waals surface area contributed by atoms with Gasteiger partial charge in [-0.1, -0.05) is 11.3 Å². The molecule has 2 aromatic heterocycles. The van der Waals surface area contributed by atoms with E-state index in [0.717, 1.165) is 11.3 Å². The van der Waals surface area contributed by atoms with Crippen LogP contribution < -0.4 is 16.5 Å². The van der Waals surface area contributed by atoms with Crippen molar-refractivity contribution in [3.63, 3.8) is 0 Å². The molecule has 0 saturated carbocycles. The summed E-state index contributed by atoms with van der Waals surface area (Å²) in [4.78, 5) is 26.5. The van der Waals surface area contributed by atoms with Crippen LogP contribution in [0.15, 0.2) is 30.3 Å². The van der Waals surface area contributed by atoms with Crippen LogP contribution in [-0.4, -0.2) is 10.7 Å². The van der Waals surface area contributed by atoms with Crippen LogP contribution in [0.25, 0.3) is 10.2 Å². The Kier molecular flexibility index (Phi) is 3.59. The maximum absolute atomic E-state index is 12.6. The molecule has 0 aliphatic carbocycles. The molecule has 1 aromatic carbocycles. The topological polar surface area (TPSA) is 150 Å². The third-order valence-electron chi connectivity index (χ3n) is 3.48. The number of non-ortho nitro benzene ring substituents is 1. The van der Waals surface area contributed by atoms with Crippen molar-refractivity contribution in [3.05, 3.63) is 56.5 Å². The second-order valence-corrected chi connectivity index (χ2v) is 5.95. The number of nitrogen functional groups attached to an aromatic ring is 2. The van der Waals surface area contributed by atoms with E-state index in [1.54, 1.807) is 0 Å². The quantitative estimate of drug-likeness (QED) is 0.422. The van der Waals surface area contributed by atoms with Gasteiger partial charge >= 0.3 is 0 Å². The molecule has 0 atom stereocenters. The highest BCUT2D eigenvalue weighted by Gasteiger charge is 2.22.